The van der Waals surface area contributed by atoms with E-state index in [9.17, 15) is 10.0 Å². The van der Waals surface area contributed by atoms with Crippen LogP contribution in [-0.2, 0) is 4.79 Å². The molecule has 0 aromatic carbocycles. The first-order chi connectivity index (χ1) is 8.19. The molecule has 1 amide bonds. The number of hydroxylamine groups is 2. The topological polar surface area (TPSA) is 64.6 Å². The summed E-state index contributed by atoms with van der Waals surface area (Å²) in [4.78, 5) is 11.7. The van der Waals surface area contributed by atoms with E-state index in [1.165, 1.54) is 5.06 Å². The molecule has 1 aliphatic rings. The van der Waals surface area contributed by atoms with E-state index in [1.807, 2.05) is 27.7 Å². The second-order valence-corrected chi connectivity index (χ2v) is 6.31. The van der Waals surface area contributed by atoms with Crippen LogP contribution < -0.4 is 10.5 Å². The van der Waals surface area contributed by atoms with Gasteiger partial charge in [-0.2, -0.15) is 5.06 Å². The maximum Gasteiger partial charge on any atom is 0.221 e. The fourth-order valence-corrected chi connectivity index (χ4v) is 2.86. The van der Waals surface area contributed by atoms with E-state index in [0.29, 0.717) is 13.0 Å². The molecule has 1 aliphatic heterocycles. The molecule has 18 heavy (non-hydrogen) atoms. The number of hydrogen-bond acceptors (Lipinski definition) is 4. The molecule has 6 heteroatoms. The number of hydrogen-bond donors (Lipinski definition) is 3. The maximum atomic E-state index is 11.7. The van der Waals surface area contributed by atoms with Gasteiger partial charge in [0.25, 0.3) is 0 Å². The average Bonchev–Trinajstić information content (AvgIpc) is 2.22. The van der Waals surface area contributed by atoms with Crippen LogP contribution >= 0.6 is 0 Å². The second kappa shape index (κ2) is 5.59. The van der Waals surface area contributed by atoms with Gasteiger partial charge in [-0.25, -0.2) is 0 Å². The van der Waals surface area contributed by atoms with Gasteiger partial charge in [0.05, 0.1) is 0 Å². The van der Waals surface area contributed by atoms with Gasteiger partial charge >= 0.3 is 0 Å². The summed E-state index contributed by atoms with van der Waals surface area (Å²) in [5, 5.41) is 17.0. The lowest BCUT2D eigenvalue weighted by Crippen LogP contribution is -2.63. The standard InChI is InChI=1S/C12H24BN3O2/c1-11(2)7-9(8-12(3,4)16(11)18)15-10(17)5-6-14-13/h9,14,18H,5-8H2,1-4H3,(H,15,17). The molecule has 2 radical (unpaired) electrons. The molecule has 0 aromatic rings. The Hall–Kier alpha value is -0.585. The highest BCUT2D eigenvalue weighted by Gasteiger charge is 2.45. The van der Waals surface area contributed by atoms with E-state index in [4.69, 9.17) is 7.98 Å². The van der Waals surface area contributed by atoms with Crippen LogP contribution in [0.4, 0.5) is 0 Å². The number of nitrogens with zero attached hydrogens (tertiary/aromatic N) is 1. The van der Waals surface area contributed by atoms with Crippen molar-refractivity contribution in [2.24, 2.45) is 0 Å². The lowest BCUT2D eigenvalue weighted by Gasteiger charge is -2.51. The van der Waals surface area contributed by atoms with Gasteiger partial charge in [-0.1, -0.05) is 0 Å². The Morgan fingerprint density at radius 2 is 1.83 bits per heavy atom. The Bertz CT molecular complexity index is 290. The Morgan fingerprint density at radius 1 is 1.33 bits per heavy atom. The van der Waals surface area contributed by atoms with Crippen LogP contribution in [0.3, 0.4) is 0 Å². The number of carbonyl (C=O) groups excluding carboxylic acids is 1. The largest absolute Gasteiger partial charge is 0.366 e. The number of piperidine rings is 1. The summed E-state index contributed by atoms with van der Waals surface area (Å²) in [5.41, 5.74) is -0.683. The molecule has 102 valence electrons. The summed E-state index contributed by atoms with van der Waals surface area (Å²) < 4.78 is 0. The van der Waals surface area contributed by atoms with Gasteiger partial charge in [0.2, 0.25) is 5.91 Å². The Labute approximate surface area is 111 Å². The zero-order valence-electron chi connectivity index (χ0n) is 11.8. The van der Waals surface area contributed by atoms with E-state index in [-0.39, 0.29) is 23.0 Å². The summed E-state index contributed by atoms with van der Waals surface area (Å²) in [6.07, 6.45) is 1.83. The monoisotopic (exact) mass is 253 g/mol. The molecule has 5 nitrogen and oxygen atoms in total. The Balaban J connectivity index is 2.61. The molecule has 0 unspecified atom stereocenters. The van der Waals surface area contributed by atoms with Crippen LogP contribution in [0.1, 0.15) is 47.0 Å². The molecule has 1 fully saturated rings. The summed E-state index contributed by atoms with van der Waals surface area (Å²) in [6.45, 7) is 8.39. The molecular weight excluding hydrogens is 229 g/mol. The first-order valence-corrected chi connectivity index (χ1v) is 6.41. The smallest absolute Gasteiger partial charge is 0.221 e. The number of rotatable bonds is 4. The normalized spacial score (nSPS) is 23.8. The summed E-state index contributed by atoms with van der Waals surface area (Å²) in [6, 6.07) is 0.0867. The highest BCUT2D eigenvalue weighted by atomic mass is 16.5. The van der Waals surface area contributed by atoms with Crippen LogP contribution in [0.5, 0.6) is 0 Å². The molecule has 0 saturated carbocycles. The fourth-order valence-electron chi connectivity index (χ4n) is 2.86. The quantitative estimate of drug-likeness (QED) is 0.641. The van der Waals surface area contributed by atoms with Crippen LogP contribution in [0.2, 0.25) is 0 Å². The Kier molecular flexibility index (Phi) is 4.81. The van der Waals surface area contributed by atoms with Crippen molar-refractivity contribution in [3.05, 3.63) is 0 Å². The van der Waals surface area contributed by atoms with Crippen molar-refractivity contribution in [1.29, 1.82) is 0 Å². The first-order valence-electron chi connectivity index (χ1n) is 6.41. The van der Waals surface area contributed by atoms with Crippen molar-refractivity contribution in [1.82, 2.24) is 15.6 Å². The molecule has 1 heterocycles. The minimum absolute atomic E-state index is 0.00376. The van der Waals surface area contributed by atoms with Gasteiger partial charge < -0.3 is 15.8 Å². The lowest BCUT2D eigenvalue weighted by molar-refractivity contribution is -0.246. The molecule has 0 bridgehead atoms. The van der Waals surface area contributed by atoms with Gasteiger partial charge in [-0.05, 0) is 47.1 Å². The van der Waals surface area contributed by atoms with Gasteiger partial charge in [0.1, 0.15) is 0 Å². The predicted octanol–water partition coefficient (Wildman–Crippen LogP) is 0.577. The van der Waals surface area contributed by atoms with Crippen molar-refractivity contribution in [3.8, 4) is 0 Å². The summed E-state index contributed by atoms with van der Waals surface area (Å²) in [7, 11) is 5.14. The average molecular weight is 253 g/mol. The molecule has 0 aromatic heterocycles. The minimum atomic E-state index is -0.341. The third-order valence-electron chi connectivity index (χ3n) is 3.50. The van der Waals surface area contributed by atoms with Crippen molar-refractivity contribution < 1.29 is 10.0 Å². The molecule has 0 atom stereocenters. The molecule has 0 spiro atoms. The highest BCUT2D eigenvalue weighted by molar-refractivity contribution is 6.04. The number of amides is 1. The number of nitrogens with one attached hydrogen (secondary N) is 2. The van der Waals surface area contributed by atoms with Gasteiger partial charge in [-0.15, -0.1) is 0 Å². The van der Waals surface area contributed by atoms with Crippen molar-refractivity contribution in [2.45, 2.75) is 64.1 Å². The van der Waals surface area contributed by atoms with E-state index < -0.39 is 0 Å². The SMILES string of the molecule is [B]NCCC(=O)NC1CC(C)(C)N(O)C(C)(C)C1. The lowest BCUT2D eigenvalue weighted by atomic mass is 9.79. The van der Waals surface area contributed by atoms with Crippen LogP contribution in [0.15, 0.2) is 0 Å². The second-order valence-electron chi connectivity index (χ2n) is 6.31. The number of carbonyl (C=O) groups is 1. The van der Waals surface area contributed by atoms with E-state index in [1.54, 1.807) is 0 Å². The molecule has 0 aliphatic carbocycles. The maximum absolute atomic E-state index is 11.7. The molecule has 1 saturated heterocycles. The van der Waals surface area contributed by atoms with Gasteiger partial charge in [0.15, 0.2) is 7.98 Å². The highest BCUT2D eigenvalue weighted by Crippen LogP contribution is 2.36. The molecular formula is C12H24BN3O2. The zero-order chi connectivity index (χ0) is 14.0. The molecule has 3 N–H and O–H groups in total. The Morgan fingerprint density at radius 3 is 2.28 bits per heavy atom. The summed E-state index contributed by atoms with van der Waals surface area (Å²) in [5.74, 6) is -0.00376. The van der Waals surface area contributed by atoms with Gasteiger partial charge in [-0.3, -0.25) is 4.79 Å². The van der Waals surface area contributed by atoms with Crippen LogP contribution in [-0.4, -0.2) is 47.8 Å². The van der Waals surface area contributed by atoms with Crippen LogP contribution in [0, 0.1) is 0 Å². The van der Waals surface area contributed by atoms with Crippen molar-refractivity contribution >= 4 is 13.9 Å². The first kappa shape index (κ1) is 15.5. The fraction of sp³-hybridized carbons (Fsp3) is 0.917. The minimum Gasteiger partial charge on any atom is -0.366 e. The molecule has 1 rings (SSSR count). The van der Waals surface area contributed by atoms with E-state index >= 15 is 0 Å². The predicted molar refractivity (Wildman–Crippen MR) is 71.3 cm³/mol. The van der Waals surface area contributed by atoms with Gasteiger partial charge in [0, 0.05) is 23.5 Å². The van der Waals surface area contributed by atoms with E-state index in [0.717, 1.165) is 12.8 Å². The van der Waals surface area contributed by atoms with Crippen molar-refractivity contribution in [3.63, 3.8) is 0 Å². The summed E-state index contributed by atoms with van der Waals surface area (Å²) >= 11 is 0. The van der Waals surface area contributed by atoms with E-state index in [2.05, 4.69) is 10.5 Å². The third kappa shape index (κ3) is 3.70. The zero-order valence-corrected chi connectivity index (χ0v) is 11.8. The third-order valence-corrected chi connectivity index (χ3v) is 3.50. The van der Waals surface area contributed by atoms with Crippen LogP contribution in [0.25, 0.3) is 0 Å². The van der Waals surface area contributed by atoms with Crippen molar-refractivity contribution in [2.75, 3.05) is 6.54 Å².